The van der Waals surface area contributed by atoms with Gasteiger partial charge in [0.2, 0.25) is 16.4 Å². The number of nitriles is 1. The molecule has 4 atom stereocenters. The number of allylic oxidation sites excluding steroid dienone is 1. The van der Waals surface area contributed by atoms with Gasteiger partial charge in [-0.2, -0.15) is 5.26 Å². The Morgan fingerprint density at radius 2 is 1.11 bits per heavy atom. The molecule has 2 spiro atoms. The first-order valence-electron chi connectivity index (χ1n) is 33.9. The van der Waals surface area contributed by atoms with Gasteiger partial charge in [-0.1, -0.05) is 12.1 Å². The van der Waals surface area contributed by atoms with E-state index in [1.807, 2.05) is 12.1 Å². The molecule has 94 heavy (non-hydrogen) atoms. The third-order valence-electron chi connectivity index (χ3n) is 22.0. The summed E-state index contributed by atoms with van der Waals surface area (Å²) in [5, 5.41) is 9.21. The fourth-order valence-corrected chi connectivity index (χ4v) is 38.5. The van der Waals surface area contributed by atoms with E-state index in [-0.39, 0.29) is 48.5 Å². The first-order chi connectivity index (χ1) is 43.6. The van der Waals surface area contributed by atoms with Crippen molar-refractivity contribution in [2.24, 2.45) is 5.92 Å². The summed E-state index contributed by atoms with van der Waals surface area (Å²) in [5.74, 6) is 0.598. The second-order valence-corrected chi connectivity index (χ2v) is 45.2. The molecule has 18 nitrogen and oxygen atoms in total. The molecule has 1 aliphatic carbocycles. The average molecular weight is 1440 g/mol. The Labute approximate surface area is 563 Å². The predicted molar refractivity (Wildman–Crippen MR) is 369 cm³/mol. The topological polar surface area (TPSA) is 181 Å². The summed E-state index contributed by atoms with van der Waals surface area (Å²) in [6, 6.07) is 28.9. The second-order valence-electron chi connectivity index (χ2n) is 31.4. The number of sulfonamides is 1. The molecule has 0 aromatic heterocycles. The van der Waals surface area contributed by atoms with Crippen LogP contribution in [0.25, 0.3) is 0 Å². The number of hydrogen-bond acceptors (Lipinski definition) is 17. The van der Waals surface area contributed by atoms with Crippen molar-refractivity contribution < 1.29 is 52.4 Å². The number of nitrogens with zero attached hydrogens (tertiary/aromatic N) is 4. The molecular formula is C73H103As2N5O13S. The van der Waals surface area contributed by atoms with E-state index in [2.05, 4.69) is 237 Å². The molecular weight excluding hydrogens is 1340 g/mol. The van der Waals surface area contributed by atoms with Crippen molar-refractivity contribution in [2.75, 3.05) is 42.6 Å². The minimum absolute atomic E-state index is 0.137. The average Bonchev–Trinajstić information content (AvgIpc) is 1.50. The van der Waals surface area contributed by atoms with E-state index in [1.165, 1.54) is 0 Å². The summed E-state index contributed by atoms with van der Waals surface area (Å²) >= 11 is -10.4. The van der Waals surface area contributed by atoms with E-state index >= 15 is 0 Å². The standard InChI is InChI=1S/C73H103As2N5O13S/c1-48(2)80(49(3)4)65(84-43-25-38-76)83-42-24-23-39-77-94(81,82)63-27-22-21-26-58(63)64-56-32-30-54(78-40-36-50-44-52(28-34-59(50)78)74(86-66(5,6)67(7,8)87-74)88-68(9,10)69(11,12)89-74)46-61(56)85-62-47-55(31-33-57(62)64)79-41-37-51-45-53(29-35-60(51)79)75(90-70(13,14)71(15,16)91-75)92-72(17,18)73(19,20)93-75/h21-22,26-35,44-49,54,56,64-65,77H,23-25,36-37,39-43H2,1-20H3. The van der Waals surface area contributed by atoms with Crippen molar-refractivity contribution in [1.29, 1.82) is 5.26 Å². The molecule has 4 aromatic rings. The van der Waals surface area contributed by atoms with Crippen LogP contribution in [0.15, 0.2) is 108 Å². The fraction of sp³-hybridized carbons (Fsp3) is 0.603. The van der Waals surface area contributed by atoms with Gasteiger partial charge in [-0.25, -0.2) is 13.1 Å². The summed E-state index contributed by atoms with van der Waals surface area (Å²) in [6.07, 6.45) is 8.91. The zero-order valence-electron chi connectivity index (χ0n) is 59.2. The zero-order chi connectivity index (χ0) is 68.1. The quantitative estimate of drug-likeness (QED) is 0.0405. The number of nitrogens with one attached hydrogen (secondary N) is 1. The summed E-state index contributed by atoms with van der Waals surface area (Å²) in [6.45, 7) is 43.4. The molecule has 4 saturated heterocycles. The molecule has 1 N–H and O–H groups in total. The van der Waals surface area contributed by atoms with Gasteiger partial charge in [0, 0.05) is 18.6 Å². The van der Waals surface area contributed by atoms with E-state index in [9.17, 15) is 13.7 Å². The predicted octanol–water partition coefficient (Wildman–Crippen LogP) is 12.4. The van der Waals surface area contributed by atoms with Gasteiger partial charge in [0.05, 0.1) is 25.7 Å². The van der Waals surface area contributed by atoms with E-state index in [4.69, 9.17) is 44.0 Å². The summed E-state index contributed by atoms with van der Waals surface area (Å²) in [5.41, 5.74) is 1.15. The van der Waals surface area contributed by atoms with Crippen molar-refractivity contribution in [3.63, 3.8) is 0 Å². The van der Waals surface area contributed by atoms with Crippen LogP contribution in [0.3, 0.4) is 0 Å². The minimum atomic E-state index is -5.21. The van der Waals surface area contributed by atoms with Crippen LogP contribution in [0.1, 0.15) is 186 Å². The van der Waals surface area contributed by atoms with E-state index in [1.54, 1.807) is 12.1 Å². The van der Waals surface area contributed by atoms with Crippen LogP contribution in [0, 0.1) is 17.2 Å². The third kappa shape index (κ3) is 11.3. The Morgan fingerprint density at radius 3 is 1.64 bits per heavy atom. The van der Waals surface area contributed by atoms with Crippen molar-refractivity contribution >= 4 is 63.4 Å². The first-order valence-corrected chi connectivity index (χ1v) is 43.4. The monoisotopic (exact) mass is 1440 g/mol. The van der Waals surface area contributed by atoms with Crippen LogP contribution in [0.5, 0.6) is 5.75 Å². The summed E-state index contributed by atoms with van der Waals surface area (Å²) in [4.78, 5) is 7.07. The number of hydrogen-bond donors (Lipinski definition) is 1. The molecule has 0 amide bonds. The molecule has 12 rings (SSSR count). The van der Waals surface area contributed by atoms with Crippen molar-refractivity contribution in [1.82, 2.24) is 9.62 Å². The molecule has 4 aromatic carbocycles. The second kappa shape index (κ2) is 23.2. The Bertz CT molecular complexity index is 3710. The van der Waals surface area contributed by atoms with Crippen molar-refractivity contribution in [2.45, 2.75) is 251 Å². The third-order valence-corrected chi connectivity index (χ3v) is 41.2. The van der Waals surface area contributed by atoms with Crippen LogP contribution in [0.2, 0.25) is 0 Å². The maximum atomic E-state index is 14.9. The molecule has 7 heterocycles. The Balaban J connectivity index is 0.869. The molecule has 8 aliphatic rings. The number of fused-ring (bicyclic) bond motifs is 4. The number of rotatable bonds is 19. The number of unbranched alkanes of at least 4 members (excludes halogenated alkanes) is 1. The van der Waals surface area contributed by atoms with Gasteiger partial charge in [-0.3, -0.25) is 4.90 Å². The number of ether oxygens (including phenoxy) is 3. The van der Waals surface area contributed by atoms with Crippen LogP contribution in [-0.4, -0.2) is 143 Å². The van der Waals surface area contributed by atoms with Gasteiger partial charge in [-0.15, -0.1) is 0 Å². The first kappa shape index (κ1) is 69.7. The van der Waals surface area contributed by atoms with E-state index < -0.39 is 94.8 Å². The van der Waals surface area contributed by atoms with Crippen molar-refractivity contribution in [3.8, 4) is 11.8 Å². The zero-order valence-corrected chi connectivity index (χ0v) is 63.7. The summed E-state index contributed by atoms with van der Waals surface area (Å²) in [7, 11) is -4.06. The molecule has 4 unspecified atom stereocenters. The molecule has 4 fully saturated rings. The molecule has 0 saturated carbocycles. The van der Waals surface area contributed by atoms with Gasteiger partial charge in [-0.05, 0) is 46.6 Å². The SMILES string of the molecule is CC(C)N(C(C)C)C(OCCC#N)OCCCCNS(=O)(=O)c1ccccc1C1c2ccc(N3CCc4cc([As]56(OC(C)(C)C(C)(C)O5)OC(C)(C)C(C)(C)O6)ccc43)cc2OC2=CC(N3CCc4cc([As]56(OC(C)(C)C(C)(C)O5)OC(C)(C)C(C)(C)O6)ccc43)C=CC21. The molecule has 7 aliphatic heterocycles. The molecule has 0 radical (unpaired) electrons. The Morgan fingerprint density at radius 1 is 0.606 bits per heavy atom. The van der Waals surface area contributed by atoms with Crippen LogP contribution >= 0.6 is 0 Å². The van der Waals surface area contributed by atoms with Crippen LogP contribution in [0.4, 0.5) is 17.1 Å². The van der Waals surface area contributed by atoms with Gasteiger partial charge in [0.15, 0.2) is 0 Å². The maximum absolute atomic E-state index is 14.9. The number of anilines is 3. The Kier molecular flexibility index (Phi) is 17.2. The van der Waals surface area contributed by atoms with Crippen LogP contribution in [-0.2, 0) is 62.1 Å². The normalized spacial score (nSPS) is 27.8. The number of benzene rings is 4. The summed E-state index contributed by atoms with van der Waals surface area (Å²) < 4.78 is 112. The fourth-order valence-electron chi connectivity index (χ4n) is 14.6. The molecule has 514 valence electrons. The van der Waals surface area contributed by atoms with Gasteiger partial charge in [0.25, 0.3) is 0 Å². The Hall–Kier alpha value is -4.16. The van der Waals surface area contributed by atoms with Gasteiger partial charge >= 0.3 is 415 Å². The van der Waals surface area contributed by atoms with E-state index in [0.717, 1.165) is 67.6 Å². The van der Waals surface area contributed by atoms with Gasteiger partial charge in [0.1, 0.15) is 0 Å². The molecule has 21 heteroatoms. The van der Waals surface area contributed by atoms with Gasteiger partial charge < -0.3 is 9.47 Å². The van der Waals surface area contributed by atoms with E-state index in [0.29, 0.717) is 37.3 Å². The van der Waals surface area contributed by atoms with Crippen molar-refractivity contribution in [3.05, 3.63) is 125 Å². The van der Waals surface area contributed by atoms with Crippen LogP contribution < -0.4 is 28.0 Å². The molecule has 0 bridgehead atoms.